The van der Waals surface area contributed by atoms with Crippen molar-refractivity contribution in [2.45, 2.75) is 355 Å². The van der Waals surface area contributed by atoms with Gasteiger partial charge in [-0.1, -0.05) is 286 Å². The number of unbranched alkanes of at least 4 members (excludes halogenated alkanes) is 35. The van der Waals surface area contributed by atoms with E-state index in [4.69, 9.17) is 37.0 Å². The fourth-order valence-corrected chi connectivity index (χ4v) is 11.6. The molecule has 0 saturated carbocycles. The Morgan fingerprint density at radius 1 is 0.337 bits per heavy atom. The molecule has 6 atom stereocenters. The highest BCUT2D eigenvalue weighted by atomic mass is 31.2. The van der Waals surface area contributed by atoms with Gasteiger partial charge in [0.2, 0.25) is 0 Å². The molecule has 0 saturated heterocycles. The van der Waals surface area contributed by atoms with Crippen LogP contribution in [-0.2, 0) is 65.4 Å². The fraction of sp³-hybridized carbons (Fsp3) is 0.940. The molecule has 510 valence electrons. The third kappa shape index (κ3) is 59.7. The second-order valence-corrected chi connectivity index (χ2v) is 27.8. The van der Waals surface area contributed by atoms with Gasteiger partial charge in [-0.15, -0.1) is 0 Å². The number of rotatable bonds is 66. The zero-order valence-electron chi connectivity index (χ0n) is 55.6. The molecule has 0 heterocycles. The first-order chi connectivity index (χ1) is 41.4. The second-order valence-electron chi connectivity index (χ2n) is 24.9. The summed E-state index contributed by atoms with van der Waals surface area (Å²) in [4.78, 5) is 72.3. The summed E-state index contributed by atoms with van der Waals surface area (Å²) in [6.07, 6.45) is 43.1. The summed E-state index contributed by atoms with van der Waals surface area (Å²) >= 11 is 0. The molecule has 0 aliphatic heterocycles. The van der Waals surface area contributed by atoms with E-state index in [2.05, 4.69) is 41.5 Å². The standard InChI is InChI=1S/C67H130O17P2/c1-7-10-12-14-16-18-19-20-21-22-26-32-38-44-50-65(70)78-56-62(83-66(71)51-45-39-33-27-24-23-25-30-36-42-48-60(6)9-3)57-81-85(73,74)79-53-61(68)54-80-86(75,76)82-58-63(55-77-64(69)49-43-37-31-17-15-13-11-8-2)84-67(72)52-46-40-34-28-29-35-41-47-59(4)5/h59-63,68H,7-58H2,1-6H3,(H,73,74)(H,75,76)/t60?,61-,62-,63-/m1/s1. The Labute approximate surface area is 524 Å². The maximum Gasteiger partial charge on any atom is 0.472 e. The molecule has 3 unspecified atom stereocenters. The zero-order chi connectivity index (χ0) is 63.6. The average Bonchev–Trinajstić information content (AvgIpc) is 3.57. The van der Waals surface area contributed by atoms with Crippen molar-refractivity contribution in [3.63, 3.8) is 0 Å². The minimum atomic E-state index is -4.95. The lowest BCUT2D eigenvalue weighted by atomic mass is 9.99. The molecule has 0 radical (unpaired) electrons. The van der Waals surface area contributed by atoms with Crippen LogP contribution in [0.1, 0.15) is 337 Å². The molecule has 86 heavy (non-hydrogen) atoms. The van der Waals surface area contributed by atoms with Gasteiger partial charge in [-0.05, 0) is 37.5 Å². The van der Waals surface area contributed by atoms with E-state index < -0.39 is 97.5 Å². The highest BCUT2D eigenvalue weighted by molar-refractivity contribution is 7.47. The number of esters is 4. The summed E-state index contributed by atoms with van der Waals surface area (Å²) in [5.41, 5.74) is 0. The van der Waals surface area contributed by atoms with Crippen molar-refractivity contribution >= 4 is 39.5 Å². The number of carbonyl (C=O) groups excluding carboxylic acids is 4. The third-order valence-electron chi connectivity index (χ3n) is 15.8. The molecule has 19 heteroatoms. The molecule has 3 N–H and O–H groups in total. The van der Waals surface area contributed by atoms with E-state index in [1.165, 1.54) is 148 Å². The van der Waals surface area contributed by atoms with Crippen LogP contribution in [0.25, 0.3) is 0 Å². The summed E-state index contributed by atoms with van der Waals surface area (Å²) in [5, 5.41) is 10.6. The molecule has 0 aromatic rings. The van der Waals surface area contributed by atoms with Crippen LogP contribution in [0.3, 0.4) is 0 Å². The second kappa shape index (κ2) is 59.4. The third-order valence-corrected chi connectivity index (χ3v) is 17.7. The van der Waals surface area contributed by atoms with Gasteiger partial charge >= 0.3 is 39.5 Å². The molecular formula is C67H130O17P2. The molecule has 0 aliphatic rings. The van der Waals surface area contributed by atoms with Gasteiger partial charge in [-0.25, -0.2) is 9.13 Å². The smallest absolute Gasteiger partial charge is 0.462 e. The van der Waals surface area contributed by atoms with Gasteiger partial charge in [0.15, 0.2) is 12.2 Å². The lowest BCUT2D eigenvalue weighted by molar-refractivity contribution is -0.161. The minimum Gasteiger partial charge on any atom is -0.462 e. The Morgan fingerprint density at radius 2 is 0.593 bits per heavy atom. The maximum atomic E-state index is 13.0. The number of hydrogen-bond acceptors (Lipinski definition) is 15. The normalized spacial score (nSPS) is 14.5. The van der Waals surface area contributed by atoms with E-state index in [1.807, 2.05) is 0 Å². The van der Waals surface area contributed by atoms with Crippen LogP contribution < -0.4 is 0 Å². The minimum absolute atomic E-state index is 0.103. The number of carbonyl (C=O) groups is 4. The van der Waals surface area contributed by atoms with E-state index >= 15 is 0 Å². The topological polar surface area (TPSA) is 237 Å². The number of aliphatic hydroxyl groups excluding tert-OH is 1. The molecule has 0 spiro atoms. The van der Waals surface area contributed by atoms with E-state index in [1.54, 1.807) is 0 Å². The van der Waals surface area contributed by atoms with Crippen LogP contribution >= 0.6 is 15.6 Å². The average molecular weight is 1270 g/mol. The van der Waals surface area contributed by atoms with Crippen molar-refractivity contribution < 1.29 is 80.2 Å². The molecule has 0 aromatic heterocycles. The Hall–Kier alpha value is -1.94. The number of hydrogen-bond donors (Lipinski definition) is 3. The fourth-order valence-electron chi connectivity index (χ4n) is 10.0. The van der Waals surface area contributed by atoms with Crippen molar-refractivity contribution in [3.8, 4) is 0 Å². The van der Waals surface area contributed by atoms with Crippen LogP contribution in [0.15, 0.2) is 0 Å². The first-order valence-corrected chi connectivity index (χ1v) is 38.0. The van der Waals surface area contributed by atoms with Crippen molar-refractivity contribution in [3.05, 3.63) is 0 Å². The first-order valence-electron chi connectivity index (χ1n) is 35.0. The van der Waals surface area contributed by atoms with Gasteiger partial charge in [0.05, 0.1) is 26.4 Å². The SMILES string of the molecule is CCCCCCCCCCCCCCCCC(=O)OC[C@H](COP(=O)(O)OC[C@@H](O)COP(=O)(O)OC[C@@H](COC(=O)CCCCCCCCCC)OC(=O)CCCCCCCCCC(C)C)OC(=O)CCCCCCCCCCCCC(C)CC. The highest BCUT2D eigenvalue weighted by Crippen LogP contribution is 2.45. The van der Waals surface area contributed by atoms with Crippen molar-refractivity contribution in [1.29, 1.82) is 0 Å². The number of ether oxygens (including phenoxy) is 4. The van der Waals surface area contributed by atoms with Gasteiger partial charge in [0.25, 0.3) is 0 Å². The summed E-state index contributed by atoms with van der Waals surface area (Å²) in [6.45, 7) is 9.46. The molecule has 0 fully saturated rings. The number of phosphoric ester groups is 2. The van der Waals surface area contributed by atoms with Crippen LogP contribution in [0.5, 0.6) is 0 Å². The molecule has 0 amide bonds. The quantitative estimate of drug-likeness (QED) is 0.0222. The monoisotopic (exact) mass is 1270 g/mol. The Morgan fingerprint density at radius 3 is 0.884 bits per heavy atom. The highest BCUT2D eigenvalue weighted by Gasteiger charge is 2.30. The van der Waals surface area contributed by atoms with Crippen LogP contribution in [0, 0.1) is 11.8 Å². The molecule has 0 rings (SSSR count). The predicted molar refractivity (Wildman–Crippen MR) is 345 cm³/mol. The summed E-state index contributed by atoms with van der Waals surface area (Å²) in [7, 11) is -9.89. The van der Waals surface area contributed by atoms with Gasteiger partial charge in [-0.2, -0.15) is 0 Å². The lowest BCUT2D eigenvalue weighted by Gasteiger charge is -2.21. The predicted octanol–water partition coefficient (Wildman–Crippen LogP) is 18.8. The van der Waals surface area contributed by atoms with Gasteiger partial charge in [-0.3, -0.25) is 37.3 Å². The first kappa shape index (κ1) is 84.1. The largest absolute Gasteiger partial charge is 0.472 e. The van der Waals surface area contributed by atoms with Gasteiger partial charge < -0.3 is 33.8 Å². The van der Waals surface area contributed by atoms with Gasteiger partial charge in [0.1, 0.15) is 19.3 Å². The number of aliphatic hydroxyl groups is 1. The van der Waals surface area contributed by atoms with E-state index in [-0.39, 0.29) is 25.7 Å². The van der Waals surface area contributed by atoms with Gasteiger partial charge in [0, 0.05) is 25.7 Å². The Kier molecular flexibility index (Phi) is 58.0. The Bertz CT molecular complexity index is 1690. The molecule has 0 aromatic carbocycles. The van der Waals surface area contributed by atoms with Crippen molar-refractivity contribution in [2.75, 3.05) is 39.6 Å². The van der Waals surface area contributed by atoms with Crippen LogP contribution in [0.4, 0.5) is 0 Å². The summed E-state index contributed by atoms with van der Waals surface area (Å²) < 4.78 is 68.1. The molecular weight excluding hydrogens is 1140 g/mol. The molecule has 0 bridgehead atoms. The Balaban J connectivity index is 5.23. The van der Waals surface area contributed by atoms with E-state index in [9.17, 15) is 43.2 Å². The summed E-state index contributed by atoms with van der Waals surface area (Å²) in [5.74, 6) is -0.633. The molecule has 17 nitrogen and oxygen atoms in total. The van der Waals surface area contributed by atoms with Crippen molar-refractivity contribution in [1.82, 2.24) is 0 Å². The summed E-state index contributed by atoms with van der Waals surface area (Å²) in [6, 6.07) is 0. The maximum absolute atomic E-state index is 13.0. The van der Waals surface area contributed by atoms with Crippen molar-refractivity contribution in [2.24, 2.45) is 11.8 Å². The van der Waals surface area contributed by atoms with E-state index in [0.717, 1.165) is 102 Å². The molecule has 0 aliphatic carbocycles. The van der Waals surface area contributed by atoms with Crippen LogP contribution in [0.2, 0.25) is 0 Å². The zero-order valence-corrected chi connectivity index (χ0v) is 57.4. The van der Waals surface area contributed by atoms with E-state index in [0.29, 0.717) is 31.6 Å². The lowest BCUT2D eigenvalue weighted by Crippen LogP contribution is -2.30. The van der Waals surface area contributed by atoms with Crippen LogP contribution in [-0.4, -0.2) is 96.7 Å². The number of phosphoric acid groups is 2.